The Morgan fingerprint density at radius 3 is 1.21 bits per heavy atom. The minimum atomic E-state index is -0.0563. The van der Waals surface area contributed by atoms with Gasteiger partial charge < -0.3 is 0 Å². The number of fused-ring (bicyclic) bond motifs is 2. The second-order valence-electron chi connectivity index (χ2n) is 21.5. The summed E-state index contributed by atoms with van der Waals surface area (Å²) < 4.78 is 0. The van der Waals surface area contributed by atoms with Gasteiger partial charge in [0.15, 0.2) is 23.3 Å². The van der Waals surface area contributed by atoms with E-state index in [0.29, 0.717) is 35.2 Å². The molecule has 0 spiro atoms. The molecule has 7 heteroatoms. The van der Waals surface area contributed by atoms with Crippen molar-refractivity contribution in [1.82, 2.24) is 29.9 Å². The van der Waals surface area contributed by atoms with E-state index in [2.05, 4.69) is 211 Å². The molecule has 0 aliphatic heterocycles. The van der Waals surface area contributed by atoms with E-state index >= 15 is 0 Å². The molecule has 0 atom stereocenters. The molecule has 0 saturated heterocycles. The summed E-state index contributed by atoms with van der Waals surface area (Å²) in [6.45, 7) is 13.4. The van der Waals surface area contributed by atoms with Crippen LogP contribution in [0.15, 0.2) is 243 Å². The first kappa shape index (κ1) is 51.2. The number of aryl methyl sites for hydroxylation is 6. The first-order valence-corrected chi connectivity index (χ1v) is 28.0. The summed E-state index contributed by atoms with van der Waals surface area (Å²) in [5.74, 6) is 2.64. The number of nitrogens with zero attached hydrogens (tertiary/aromatic N) is 7. The number of aromatic nitrogens is 6. The third kappa shape index (κ3) is 9.87. The Morgan fingerprint density at radius 2 is 0.707 bits per heavy atom. The van der Waals surface area contributed by atoms with Crippen LogP contribution in [0.3, 0.4) is 0 Å². The van der Waals surface area contributed by atoms with Crippen LogP contribution in [0.4, 0.5) is 17.6 Å². The molecule has 394 valence electrons. The minimum absolute atomic E-state index is 0.0563. The van der Waals surface area contributed by atoms with Crippen molar-refractivity contribution in [1.29, 1.82) is 0 Å². The third-order valence-corrected chi connectivity index (χ3v) is 15.7. The van der Waals surface area contributed by atoms with E-state index in [4.69, 9.17) is 29.9 Å². The Morgan fingerprint density at radius 1 is 0.305 bits per heavy atom. The molecule has 0 bridgehead atoms. The first-order valence-electron chi connectivity index (χ1n) is 28.0. The Hall–Kier alpha value is -10.2. The van der Waals surface area contributed by atoms with Crippen molar-refractivity contribution in [2.24, 2.45) is 0 Å². The lowest BCUT2D eigenvalue weighted by Crippen LogP contribution is -2.19. The average Bonchev–Trinajstić information content (AvgIpc) is 3.70. The molecule has 0 fully saturated rings. The van der Waals surface area contributed by atoms with Gasteiger partial charge in [-0.1, -0.05) is 223 Å². The van der Waals surface area contributed by atoms with Gasteiger partial charge in [0.05, 0.1) is 5.69 Å². The van der Waals surface area contributed by atoms with Crippen molar-refractivity contribution in [2.75, 3.05) is 4.90 Å². The van der Waals surface area contributed by atoms with Gasteiger partial charge in [0.2, 0.25) is 11.9 Å². The Labute approximate surface area is 479 Å². The van der Waals surface area contributed by atoms with Gasteiger partial charge in [-0.2, -0.15) is 19.9 Å². The first-order chi connectivity index (χ1) is 40.1. The fourth-order valence-electron chi connectivity index (χ4n) is 12.2. The number of benzene rings is 11. The zero-order valence-electron chi connectivity index (χ0n) is 46.8. The van der Waals surface area contributed by atoms with Gasteiger partial charge in [0.25, 0.3) is 0 Å². The van der Waals surface area contributed by atoms with Gasteiger partial charge >= 0.3 is 0 Å². The highest BCUT2D eigenvalue weighted by atomic mass is 15.4. The zero-order chi connectivity index (χ0) is 55.8. The standard InChI is InChI=1S/C75H59N7/c1-47-41-49(3)66(50(4)42-47)69(67-51(5)43-48(2)44-52(67)6)56-35-38-61(39-36-56)82(74-78-70(57-28-15-9-16-29-57)76-72(80-74)63-40-37-54-25-21-22-34-62(54)68(63)55-26-13-8-14-27-55)75-79-71(58-30-17-10-18-31-58)77-73(81-75)65-46-60-33-20-19-32-59(60)45-64(65)53-23-11-7-12-24-53/h7-46,69H,1-6H3. The molecule has 0 saturated carbocycles. The molecule has 0 radical (unpaired) electrons. The van der Waals surface area contributed by atoms with Crippen LogP contribution >= 0.6 is 0 Å². The lowest BCUT2D eigenvalue weighted by atomic mass is 9.77. The molecule has 0 aliphatic carbocycles. The predicted molar refractivity (Wildman–Crippen MR) is 338 cm³/mol. The summed E-state index contributed by atoms with van der Waals surface area (Å²) in [6, 6.07) is 85.1. The Balaban J connectivity index is 1.10. The largest absolute Gasteiger partial charge is 0.246 e. The van der Waals surface area contributed by atoms with Crippen molar-refractivity contribution >= 4 is 39.1 Å². The minimum Gasteiger partial charge on any atom is -0.246 e. The summed E-state index contributed by atoms with van der Waals surface area (Å²) in [5.41, 5.74) is 19.6. The Bertz CT molecular complexity index is 4310. The van der Waals surface area contributed by atoms with E-state index in [9.17, 15) is 0 Å². The summed E-state index contributed by atoms with van der Waals surface area (Å²) in [7, 11) is 0. The highest BCUT2D eigenvalue weighted by Gasteiger charge is 2.29. The van der Waals surface area contributed by atoms with Crippen LogP contribution in [0.1, 0.15) is 56.0 Å². The maximum absolute atomic E-state index is 5.60. The van der Waals surface area contributed by atoms with Crippen LogP contribution in [0.5, 0.6) is 0 Å². The van der Waals surface area contributed by atoms with Crippen LogP contribution in [-0.4, -0.2) is 29.9 Å². The van der Waals surface area contributed by atoms with E-state index in [1.54, 1.807) is 0 Å². The van der Waals surface area contributed by atoms with E-state index < -0.39 is 0 Å². The molecule has 0 amide bonds. The third-order valence-electron chi connectivity index (χ3n) is 15.7. The number of hydrogen-bond donors (Lipinski definition) is 0. The van der Waals surface area contributed by atoms with E-state index in [1.807, 2.05) is 77.7 Å². The summed E-state index contributed by atoms with van der Waals surface area (Å²) in [4.78, 5) is 34.9. The lowest BCUT2D eigenvalue weighted by molar-refractivity contribution is 0.917. The van der Waals surface area contributed by atoms with Crippen molar-refractivity contribution < 1.29 is 0 Å². The van der Waals surface area contributed by atoms with Crippen molar-refractivity contribution in [3.05, 3.63) is 293 Å². The van der Waals surface area contributed by atoms with Crippen LogP contribution in [0, 0.1) is 41.5 Å². The van der Waals surface area contributed by atoms with Gasteiger partial charge in [0, 0.05) is 33.7 Å². The molecule has 7 nitrogen and oxygen atoms in total. The molecule has 0 unspecified atom stereocenters. The topological polar surface area (TPSA) is 80.6 Å². The second kappa shape index (κ2) is 21.8. The smallest absolute Gasteiger partial charge is 0.241 e. The van der Waals surface area contributed by atoms with Gasteiger partial charge in [-0.15, -0.1) is 0 Å². The Kier molecular flexibility index (Phi) is 13.6. The highest BCUT2D eigenvalue weighted by molar-refractivity contribution is 6.03. The quantitative estimate of drug-likeness (QED) is 0.113. The fraction of sp³-hybridized carbons (Fsp3) is 0.0933. The molecule has 13 aromatic rings. The molecule has 0 aliphatic rings. The van der Waals surface area contributed by atoms with Crippen LogP contribution < -0.4 is 4.90 Å². The van der Waals surface area contributed by atoms with E-state index in [-0.39, 0.29) is 5.92 Å². The van der Waals surface area contributed by atoms with Crippen LogP contribution in [-0.2, 0) is 0 Å². The van der Waals surface area contributed by atoms with Gasteiger partial charge in [-0.05, 0) is 149 Å². The number of anilines is 3. The lowest BCUT2D eigenvalue weighted by Gasteiger charge is -2.28. The van der Waals surface area contributed by atoms with Gasteiger partial charge in [-0.3, -0.25) is 0 Å². The van der Waals surface area contributed by atoms with Gasteiger partial charge in [-0.25, -0.2) is 14.9 Å². The summed E-state index contributed by atoms with van der Waals surface area (Å²) in [6.07, 6.45) is 0. The molecule has 0 N–H and O–H groups in total. The van der Waals surface area contributed by atoms with Crippen molar-refractivity contribution in [2.45, 2.75) is 47.5 Å². The zero-order valence-corrected chi connectivity index (χ0v) is 46.8. The van der Waals surface area contributed by atoms with Crippen LogP contribution in [0.2, 0.25) is 0 Å². The van der Waals surface area contributed by atoms with Gasteiger partial charge in [0.1, 0.15) is 0 Å². The highest BCUT2D eigenvalue weighted by Crippen LogP contribution is 2.44. The SMILES string of the molecule is Cc1cc(C)c(C(c2ccc(N(c3nc(-c4ccccc4)nc(-c4cc5ccccc5cc4-c4ccccc4)n3)c3nc(-c4ccccc4)nc(-c4ccc5ccccc5c4-c4ccccc4)n3)cc2)c2c(C)cc(C)cc2C)c(C)c1. The van der Waals surface area contributed by atoms with Crippen molar-refractivity contribution in [3.63, 3.8) is 0 Å². The maximum atomic E-state index is 5.60. The van der Waals surface area contributed by atoms with Crippen molar-refractivity contribution in [3.8, 4) is 67.8 Å². The number of rotatable bonds is 12. The van der Waals surface area contributed by atoms with Crippen LogP contribution in [0.25, 0.3) is 89.4 Å². The molecular weight excluding hydrogens is 999 g/mol. The second-order valence-corrected chi connectivity index (χ2v) is 21.5. The molecule has 2 heterocycles. The summed E-state index contributed by atoms with van der Waals surface area (Å²) >= 11 is 0. The molecular formula is C75H59N7. The fourth-order valence-corrected chi connectivity index (χ4v) is 12.2. The maximum Gasteiger partial charge on any atom is 0.241 e. The molecule has 11 aromatic carbocycles. The number of hydrogen-bond acceptors (Lipinski definition) is 7. The normalized spacial score (nSPS) is 11.4. The predicted octanol–water partition coefficient (Wildman–Crippen LogP) is 18.9. The molecule has 13 rings (SSSR count). The van der Waals surface area contributed by atoms with E-state index in [1.165, 1.54) is 44.5 Å². The monoisotopic (exact) mass is 1060 g/mol. The summed E-state index contributed by atoms with van der Waals surface area (Å²) in [5, 5.41) is 4.39. The average molecular weight is 1060 g/mol. The molecule has 2 aromatic heterocycles. The molecule has 82 heavy (non-hydrogen) atoms. The van der Waals surface area contributed by atoms with E-state index in [0.717, 1.165) is 77.3 Å².